The maximum absolute atomic E-state index is 11.9. The Bertz CT molecular complexity index is 846. The molecule has 114 valence electrons. The molecule has 0 aromatic carbocycles. The third-order valence-electron chi connectivity index (χ3n) is 3.93. The van der Waals surface area contributed by atoms with E-state index in [9.17, 15) is 4.79 Å². The summed E-state index contributed by atoms with van der Waals surface area (Å²) >= 11 is 2.98. The number of nitrogens with zero attached hydrogens (tertiary/aromatic N) is 4. The molecule has 22 heavy (non-hydrogen) atoms. The lowest BCUT2D eigenvalue weighted by Gasteiger charge is -2.01. The number of H-pyrrole nitrogens is 1. The van der Waals surface area contributed by atoms with Gasteiger partial charge in [0.1, 0.15) is 5.82 Å². The summed E-state index contributed by atoms with van der Waals surface area (Å²) < 4.78 is 1.56. The van der Waals surface area contributed by atoms with Crippen molar-refractivity contribution in [2.24, 2.45) is 0 Å². The molecule has 0 aliphatic heterocycles. The van der Waals surface area contributed by atoms with E-state index in [0.717, 1.165) is 21.6 Å². The molecule has 1 saturated carbocycles. The fourth-order valence-corrected chi connectivity index (χ4v) is 4.24. The van der Waals surface area contributed by atoms with Crippen molar-refractivity contribution in [1.82, 2.24) is 24.6 Å². The van der Waals surface area contributed by atoms with Crippen molar-refractivity contribution in [2.45, 2.75) is 42.5 Å². The van der Waals surface area contributed by atoms with Crippen molar-refractivity contribution in [1.29, 1.82) is 0 Å². The second-order valence-electron chi connectivity index (χ2n) is 5.41. The molecule has 3 heterocycles. The minimum absolute atomic E-state index is 0.0384. The first-order valence-electron chi connectivity index (χ1n) is 7.30. The molecular formula is C14H15N5OS2. The number of nitrogens with one attached hydrogen (secondary N) is 1. The molecule has 0 bridgehead atoms. The van der Waals surface area contributed by atoms with Gasteiger partial charge in [0.15, 0.2) is 4.96 Å². The van der Waals surface area contributed by atoms with E-state index in [-0.39, 0.29) is 5.56 Å². The smallest absolute Gasteiger partial charge is 0.258 e. The van der Waals surface area contributed by atoms with Gasteiger partial charge in [-0.1, -0.05) is 24.6 Å². The highest BCUT2D eigenvalue weighted by molar-refractivity contribution is 7.98. The van der Waals surface area contributed by atoms with Gasteiger partial charge in [-0.2, -0.15) is 0 Å². The van der Waals surface area contributed by atoms with Crippen LogP contribution in [0.1, 0.15) is 43.1 Å². The molecule has 0 radical (unpaired) electrons. The van der Waals surface area contributed by atoms with Crippen LogP contribution in [0.3, 0.4) is 0 Å². The summed E-state index contributed by atoms with van der Waals surface area (Å²) in [7, 11) is 0. The number of aromatic nitrogens is 5. The van der Waals surface area contributed by atoms with Gasteiger partial charge in [-0.25, -0.2) is 9.97 Å². The molecule has 0 atom stereocenters. The third kappa shape index (κ3) is 2.68. The van der Waals surface area contributed by atoms with Crippen LogP contribution < -0.4 is 5.56 Å². The van der Waals surface area contributed by atoms with Crippen LogP contribution in [0, 0.1) is 0 Å². The number of thiazole rings is 1. The minimum atomic E-state index is -0.0384. The summed E-state index contributed by atoms with van der Waals surface area (Å²) in [6, 6.07) is 1.58. The van der Waals surface area contributed by atoms with Gasteiger partial charge < -0.3 is 0 Å². The van der Waals surface area contributed by atoms with Gasteiger partial charge in [0, 0.05) is 29.3 Å². The number of aromatic amines is 1. The Morgan fingerprint density at radius 1 is 1.36 bits per heavy atom. The fourth-order valence-electron chi connectivity index (χ4n) is 2.80. The van der Waals surface area contributed by atoms with Crippen LogP contribution in [-0.4, -0.2) is 24.6 Å². The standard InChI is InChI=1S/C14H15N5OS2/c20-11-7-10(15-14-19(11)5-6-21-14)8-22-13-16-12(17-18-13)9-3-1-2-4-9/h5-7,9H,1-4,8H2,(H,16,17,18). The van der Waals surface area contributed by atoms with Crippen LogP contribution in [0.15, 0.2) is 27.6 Å². The average Bonchev–Trinajstić information content (AvgIpc) is 3.25. The molecule has 1 N–H and O–H groups in total. The van der Waals surface area contributed by atoms with E-state index in [2.05, 4.69) is 20.2 Å². The molecule has 1 aliphatic rings. The summed E-state index contributed by atoms with van der Waals surface area (Å²) in [5.74, 6) is 2.14. The van der Waals surface area contributed by atoms with Crippen LogP contribution in [0.2, 0.25) is 0 Å². The zero-order valence-electron chi connectivity index (χ0n) is 11.9. The van der Waals surface area contributed by atoms with Crippen molar-refractivity contribution in [3.8, 4) is 0 Å². The number of rotatable bonds is 4. The molecule has 8 heteroatoms. The van der Waals surface area contributed by atoms with Gasteiger partial charge in [-0.15, -0.1) is 16.4 Å². The van der Waals surface area contributed by atoms with Crippen LogP contribution in [-0.2, 0) is 5.75 Å². The Morgan fingerprint density at radius 3 is 3.09 bits per heavy atom. The van der Waals surface area contributed by atoms with E-state index in [1.165, 1.54) is 48.8 Å². The molecule has 3 aromatic rings. The Balaban J connectivity index is 1.48. The van der Waals surface area contributed by atoms with Crippen molar-refractivity contribution < 1.29 is 0 Å². The van der Waals surface area contributed by atoms with Gasteiger partial charge in [0.2, 0.25) is 5.16 Å². The lowest BCUT2D eigenvalue weighted by atomic mass is 10.1. The van der Waals surface area contributed by atoms with Crippen molar-refractivity contribution in [2.75, 3.05) is 0 Å². The van der Waals surface area contributed by atoms with Crippen LogP contribution in [0.25, 0.3) is 4.96 Å². The number of hydrogen-bond acceptors (Lipinski definition) is 6. The number of thioether (sulfide) groups is 1. The molecule has 3 aromatic heterocycles. The van der Waals surface area contributed by atoms with Gasteiger partial charge in [-0.3, -0.25) is 14.3 Å². The molecule has 6 nitrogen and oxygen atoms in total. The highest BCUT2D eigenvalue weighted by atomic mass is 32.2. The van der Waals surface area contributed by atoms with Crippen molar-refractivity contribution in [3.05, 3.63) is 39.5 Å². The highest BCUT2D eigenvalue weighted by Crippen LogP contribution is 2.32. The van der Waals surface area contributed by atoms with Crippen LogP contribution in [0.5, 0.6) is 0 Å². The molecule has 1 aliphatic carbocycles. The second kappa shape index (κ2) is 5.85. The zero-order valence-corrected chi connectivity index (χ0v) is 13.5. The van der Waals surface area contributed by atoms with E-state index in [0.29, 0.717) is 11.7 Å². The third-order valence-corrected chi connectivity index (χ3v) is 5.57. The Hall–Kier alpha value is -1.67. The lowest BCUT2D eigenvalue weighted by molar-refractivity contribution is 0.671. The fraction of sp³-hybridized carbons (Fsp3) is 0.429. The van der Waals surface area contributed by atoms with Crippen molar-refractivity contribution in [3.63, 3.8) is 0 Å². The first-order chi connectivity index (χ1) is 10.8. The SMILES string of the molecule is O=c1cc(CSc2n[nH]c(C3CCCC3)n2)nc2sccn12. The van der Waals surface area contributed by atoms with E-state index < -0.39 is 0 Å². The van der Waals surface area contributed by atoms with Crippen LogP contribution in [0.4, 0.5) is 0 Å². The minimum Gasteiger partial charge on any atom is -0.269 e. The summed E-state index contributed by atoms with van der Waals surface area (Å²) in [6.07, 6.45) is 6.71. The zero-order chi connectivity index (χ0) is 14.9. The van der Waals surface area contributed by atoms with Gasteiger partial charge >= 0.3 is 0 Å². The second-order valence-corrected chi connectivity index (χ2v) is 7.23. The predicted octanol–water partition coefficient (Wildman–Crippen LogP) is 2.82. The Morgan fingerprint density at radius 2 is 2.23 bits per heavy atom. The first kappa shape index (κ1) is 14.0. The summed E-state index contributed by atoms with van der Waals surface area (Å²) in [5.41, 5.74) is 0.730. The Kier molecular flexibility index (Phi) is 3.71. The molecule has 0 saturated heterocycles. The van der Waals surface area contributed by atoms with Crippen molar-refractivity contribution >= 4 is 28.1 Å². The van der Waals surface area contributed by atoms with Crippen LogP contribution >= 0.6 is 23.1 Å². The monoisotopic (exact) mass is 333 g/mol. The van der Waals surface area contributed by atoms with Gasteiger partial charge in [0.05, 0.1) is 5.69 Å². The summed E-state index contributed by atoms with van der Waals surface area (Å²) in [6.45, 7) is 0. The molecule has 0 spiro atoms. The maximum Gasteiger partial charge on any atom is 0.258 e. The topological polar surface area (TPSA) is 75.9 Å². The number of fused-ring (bicyclic) bond motifs is 1. The normalized spacial score (nSPS) is 15.8. The maximum atomic E-state index is 11.9. The van der Waals surface area contributed by atoms with E-state index in [1.807, 2.05) is 5.38 Å². The highest BCUT2D eigenvalue weighted by Gasteiger charge is 2.20. The Labute approximate surface area is 135 Å². The van der Waals surface area contributed by atoms with E-state index in [4.69, 9.17) is 0 Å². The largest absolute Gasteiger partial charge is 0.269 e. The van der Waals surface area contributed by atoms with E-state index in [1.54, 1.807) is 16.7 Å². The van der Waals surface area contributed by atoms with Gasteiger partial charge in [0.25, 0.3) is 5.56 Å². The summed E-state index contributed by atoms with van der Waals surface area (Å²) in [4.78, 5) is 21.7. The summed E-state index contributed by atoms with van der Waals surface area (Å²) in [5, 5.41) is 9.92. The lowest BCUT2D eigenvalue weighted by Crippen LogP contribution is -2.12. The predicted molar refractivity (Wildman–Crippen MR) is 86.5 cm³/mol. The first-order valence-corrected chi connectivity index (χ1v) is 9.17. The van der Waals surface area contributed by atoms with Gasteiger partial charge in [-0.05, 0) is 12.8 Å². The number of hydrogen-bond donors (Lipinski definition) is 1. The quantitative estimate of drug-likeness (QED) is 0.743. The molecular weight excluding hydrogens is 318 g/mol. The molecule has 0 amide bonds. The molecule has 4 rings (SSSR count). The molecule has 1 fully saturated rings. The molecule has 0 unspecified atom stereocenters. The average molecular weight is 333 g/mol. The van der Waals surface area contributed by atoms with E-state index >= 15 is 0 Å².